The van der Waals surface area contributed by atoms with Gasteiger partial charge in [-0.1, -0.05) is 12.1 Å². The van der Waals surface area contributed by atoms with Crippen LogP contribution in [-0.2, 0) is 17.5 Å². The Bertz CT molecular complexity index is 1270. The lowest BCUT2D eigenvalue weighted by atomic mass is 10.1. The number of nitrogens with one attached hydrogen (secondary N) is 3. The van der Waals surface area contributed by atoms with Crippen molar-refractivity contribution in [1.82, 2.24) is 19.9 Å². The number of rotatable bonds is 6. The van der Waals surface area contributed by atoms with Gasteiger partial charge in [-0.2, -0.15) is 18.2 Å². The van der Waals surface area contributed by atoms with Crippen molar-refractivity contribution in [3.63, 3.8) is 0 Å². The molecule has 3 N–H and O–H groups in total. The monoisotopic (exact) mass is 469 g/mol. The Balaban J connectivity index is 1.29. The quantitative estimate of drug-likeness (QED) is 0.381. The molecule has 5 rings (SSSR count). The number of H-pyrrole nitrogens is 1. The molecule has 3 heterocycles. The Morgan fingerprint density at radius 2 is 1.82 bits per heavy atom. The van der Waals surface area contributed by atoms with Crippen molar-refractivity contribution in [3.05, 3.63) is 66.0 Å². The summed E-state index contributed by atoms with van der Waals surface area (Å²) in [6.45, 7) is 3.35. The Morgan fingerprint density at radius 1 is 1.03 bits per heavy atom. The van der Waals surface area contributed by atoms with Crippen LogP contribution in [0.5, 0.6) is 0 Å². The van der Waals surface area contributed by atoms with Crippen molar-refractivity contribution in [2.75, 3.05) is 41.8 Å². The number of nitrogens with zero attached hydrogens (tertiary/aromatic N) is 4. The number of fused-ring (bicyclic) bond motifs is 1. The zero-order valence-electron chi connectivity index (χ0n) is 18.1. The van der Waals surface area contributed by atoms with E-state index in [4.69, 9.17) is 4.74 Å². The van der Waals surface area contributed by atoms with Crippen molar-refractivity contribution in [1.29, 1.82) is 0 Å². The molecule has 1 aliphatic heterocycles. The molecule has 1 fully saturated rings. The molecule has 4 aromatic rings. The van der Waals surface area contributed by atoms with Crippen LogP contribution in [0.4, 0.5) is 36.3 Å². The van der Waals surface area contributed by atoms with E-state index in [1.807, 2.05) is 24.3 Å². The predicted octanol–water partition coefficient (Wildman–Crippen LogP) is 4.56. The van der Waals surface area contributed by atoms with E-state index in [1.54, 1.807) is 6.07 Å². The zero-order chi connectivity index (χ0) is 23.5. The maximum atomic E-state index is 13.0. The first-order chi connectivity index (χ1) is 16.5. The van der Waals surface area contributed by atoms with E-state index in [0.717, 1.165) is 49.8 Å². The van der Waals surface area contributed by atoms with Crippen molar-refractivity contribution in [3.8, 4) is 0 Å². The van der Waals surface area contributed by atoms with E-state index in [-0.39, 0.29) is 6.54 Å². The third kappa shape index (κ3) is 4.88. The number of morpholine rings is 1. The molecule has 2 aromatic carbocycles. The van der Waals surface area contributed by atoms with Crippen LogP contribution in [0, 0.1) is 0 Å². The highest BCUT2D eigenvalue weighted by molar-refractivity contribution is 5.84. The average Bonchev–Trinajstić information content (AvgIpc) is 3.26. The summed E-state index contributed by atoms with van der Waals surface area (Å²) in [6, 6.07) is 13.2. The summed E-state index contributed by atoms with van der Waals surface area (Å²) in [5.41, 5.74) is 2.77. The molecule has 2 aromatic heterocycles. The van der Waals surface area contributed by atoms with E-state index in [0.29, 0.717) is 28.5 Å². The summed E-state index contributed by atoms with van der Waals surface area (Å²) in [4.78, 5) is 18.3. The van der Waals surface area contributed by atoms with Crippen LogP contribution in [0.2, 0.25) is 0 Å². The van der Waals surface area contributed by atoms with E-state index in [9.17, 15) is 13.2 Å². The molecule has 0 bridgehead atoms. The van der Waals surface area contributed by atoms with Gasteiger partial charge in [0.1, 0.15) is 11.8 Å². The third-order valence-corrected chi connectivity index (χ3v) is 5.51. The van der Waals surface area contributed by atoms with Crippen molar-refractivity contribution >= 4 is 34.3 Å². The first kappa shape index (κ1) is 22.0. The lowest BCUT2D eigenvalue weighted by Crippen LogP contribution is -2.36. The molecule has 0 aliphatic carbocycles. The molecule has 0 saturated carbocycles. The lowest BCUT2D eigenvalue weighted by molar-refractivity contribution is -0.137. The van der Waals surface area contributed by atoms with Crippen molar-refractivity contribution < 1.29 is 17.9 Å². The van der Waals surface area contributed by atoms with E-state index in [2.05, 4.69) is 35.5 Å². The Labute approximate surface area is 193 Å². The number of alkyl halides is 3. The number of aromatic nitrogens is 4. The van der Waals surface area contributed by atoms with E-state index >= 15 is 0 Å². The normalized spacial score (nSPS) is 14.4. The summed E-state index contributed by atoms with van der Waals surface area (Å²) < 4.78 is 44.3. The van der Waals surface area contributed by atoms with Crippen molar-refractivity contribution in [2.24, 2.45) is 0 Å². The second-order valence-corrected chi connectivity index (χ2v) is 7.83. The maximum Gasteiger partial charge on any atom is 0.416 e. The molecule has 1 aliphatic rings. The van der Waals surface area contributed by atoms with Crippen LogP contribution in [0.3, 0.4) is 0 Å². The Kier molecular flexibility index (Phi) is 5.93. The number of halogens is 3. The number of hydrogen-bond donors (Lipinski definition) is 3. The predicted molar refractivity (Wildman–Crippen MR) is 123 cm³/mol. The fraction of sp³-hybridized carbons (Fsp3) is 0.261. The van der Waals surface area contributed by atoms with Crippen LogP contribution >= 0.6 is 0 Å². The van der Waals surface area contributed by atoms with Gasteiger partial charge in [-0.05, 0) is 42.0 Å². The molecular weight excluding hydrogens is 447 g/mol. The molecule has 11 heteroatoms. The molecule has 0 atom stereocenters. The average molecular weight is 469 g/mol. The van der Waals surface area contributed by atoms with Crippen LogP contribution in [0.25, 0.3) is 11.2 Å². The summed E-state index contributed by atoms with van der Waals surface area (Å²) >= 11 is 0. The smallest absolute Gasteiger partial charge is 0.378 e. The van der Waals surface area contributed by atoms with E-state index < -0.39 is 11.7 Å². The molecule has 8 nitrogen and oxygen atoms in total. The van der Waals surface area contributed by atoms with Gasteiger partial charge in [-0.3, -0.25) is 0 Å². The topological polar surface area (TPSA) is 91.0 Å². The summed E-state index contributed by atoms with van der Waals surface area (Å²) in [5, 5.41) is 6.29. The lowest BCUT2D eigenvalue weighted by Gasteiger charge is -2.28. The first-order valence-electron chi connectivity index (χ1n) is 10.8. The van der Waals surface area contributed by atoms with Crippen LogP contribution in [0.15, 0.2) is 54.9 Å². The van der Waals surface area contributed by atoms with Gasteiger partial charge in [-0.25, -0.2) is 9.97 Å². The van der Waals surface area contributed by atoms with Gasteiger partial charge in [0.15, 0.2) is 11.5 Å². The third-order valence-electron chi connectivity index (χ3n) is 5.51. The maximum absolute atomic E-state index is 13.0. The van der Waals surface area contributed by atoms with Crippen LogP contribution < -0.4 is 15.5 Å². The minimum Gasteiger partial charge on any atom is -0.378 e. The van der Waals surface area contributed by atoms with Gasteiger partial charge < -0.3 is 25.3 Å². The fourth-order valence-electron chi connectivity index (χ4n) is 3.78. The number of ether oxygens (including phenoxy) is 1. The van der Waals surface area contributed by atoms with E-state index in [1.165, 1.54) is 12.4 Å². The fourth-order valence-corrected chi connectivity index (χ4v) is 3.78. The summed E-state index contributed by atoms with van der Waals surface area (Å²) in [7, 11) is 0. The highest BCUT2D eigenvalue weighted by atomic mass is 19.4. The highest BCUT2D eigenvalue weighted by Gasteiger charge is 2.30. The van der Waals surface area contributed by atoms with Crippen LogP contribution in [0.1, 0.15) is 11.1 Å². The SMILES string of the molecule is FC(F)(F)c1cccc(CNc2ncnc3nc(Nc4ccc(N5CCOCC5)cc4)[nH]c23)c1. The molecule has 0 unspecified atom stereocenters. The van der Waals surface area contributed by atoms with Gasteiger partial charge in [0.05, 0.1) is 18.8 Å². The second kappa shape index (κ2) is 9.18. The molecule has 176 valence electrons. The number of imidazole rings is 1. The number of aromatic amines is 1. The first-order valence-corrected chi connectivity index (χ1v) is 10.8. The molecule has 1 saturated heterocycles. The van der Waals surface area contributed by atoms with Crippen molar-refractivity contribution in [2.45, 2.75) is 12.7 Å². The Morgan fingerprint density at radius 3 is 2.59 bits per heavy atom. The highest BCUT2D eigenvalue weighted by Crippen LogP contribution is 2.30. The summed E-state index contributed by atoms with van der Waals surface area (Å²) in [5.74, 6) is 0.933. The number of hydrogen-bond acceptors (Lipinski definition) is 7. The molecule has 0 amide bonds. The number of anilines is 4. The molecule has 0 spiro atoms. The van der Waals surface area contributed by atoms with Gasteiger partial charge in [0, 0.05) is 31.0 Å². The van der Waals surface area contributed by atoms with Gasteiger partial charge >= 0.3 is 6.18 Å². The molecule has 34 heavy (non-hydrogen) atoms. The van der Waals surface area contributed by atoms with Gasteiger partial charge in [-0.15, -0.1) is 0 Å². The molecular formula is C23H22F3N7O. The minimum absolute atomic E-state index is 0.167. The Hall–Kier alpha value is -3.86. The second-order valence-electron chi connectivity index (χ2n) is 7.83. The standard InChI is InChI=1S/C23H22F3N7O/c24-23(25,26)16-3-1-2-15(12-16)13-27-20-19-21(29-14-28-20)32-22(31-19)30-17-4-6-18(7-5-17)33-8-10-34-11-9-33/h1-7,12,14H,8-11,13H2,(H3,27,28,29,30,31,32). The zero-order valence-corrected chi connectivity index (χ0v) is 18.1. The number of benzene rings is 2. The van der Waals surface area contributed by atoms with Gasteiger partial charge in [0.25, 0.3) is 0 Å². The summed E-state index contributed by atoms with van der Waals surface area (Å²) in [6.07, 6.45) is -3.03. The molecule has 0 radical (unpaired) electrons. The largest absolute Gasteiger partial charge is 0.416 e. The van der Waals surface area contributed by atoms with Gasteiger partial charge in [0.2, 0.25) is 5.95 Å². The van der Waals surface area contributed by atoms with Crippen LogP contribution in [-0.4, -0.2) is 46.2 Å². The minimum atomic E-state index is -4.39.